The highest BCUT2D eigenvalue weighted by atomic mass is 19.1. The molecule has 0 saturated carbocycles. The van der Waals surface area contributed by atoms with E-state index in [2.05, 4.69) is 20.8 Å². The molecule has 24 heavy (non-hydrogen) atoms. The molecule has 0 aliphatic rings. The third-order valence-corrected chi connectivity index (χ3v) is 4.64. The zero-order valence-electron chi connectivity index (χ0n) is 14.9. The maximum Gasteiger partial charge on any atom is 0.131 e. The highest BCUT2D eigenvalue weighted by Gasteiger charge is 2.32. The van der Waals surface area contributed by atoms with Crippen LogP contribution in [-0.4, -0.2) is 19.3 Å². The number of methoxy groups -OCH3 is 2. The summed E-state index contributed by atoms with van der Waals surface area (Å²) < 4.78 is 25.4. The van der Waals surface area contributed by atoms with Gasteiger partial charge in [-0.1, -0.05) is 26.8 Å². The molecule has 1 atom stereocenters. The monoisotopic (exact) mass is 332 g/mol. The molecule has 0 spiro atoms. The van der Waals surface area contributed by atoms with E-state index < -0.39 is 0 Å². The highest BCUT2D eigenvalue weighted by Crippen LogP contribution is 2.44. The van der Waals surface area contributed by atoms with Crippen molar-refractivity contribution in [1.29, 1.82) is 0 Å². The third kappa shape index (κ3) is 3.54. The summed E-state index contributed by atoms with van der Waals surface area (Å²) in [4.78, 5) is 0. The fourth-order valence-electron chi connectivity index (χ4n) is 2.90. The van der Waals surface area contributed by atoms with Crippen LogP contribution in [0.2, 0.25) is 0 Å². The molecule has 0 fully saturated rings. The van der Waals surface area contributed by atoms with Crippen LogP contribution in [0.25, 0.3) is 11.1 Å². The second-order valence-electron chi connectivity index (χ2n) is 6.58. The van der Waals surface area contributed by atoms with Crippen molar-refractivity contribution < 1.29 is 19.0 Å². The smallest absolute Gasteiger partial charge is 0.131 e. The van der Waals surface area contributed by atoms with E-state index in [4.69, 9.17) is 9.47 Å². The number of hydrogen-bond donors (Lipinski definition) is 1. The molecule has 130 valence electrons. The van der Waals surface area contributed by atoms with Crippen LogP contribution in [0.15, 0.2) is 36.4 Å². The van der Waals surface area contributed by atoms with Crippen molar-refractivity contribution in [2.75, 3.05) is 14.2 Å². The van der Waals surface area contributed by atoms with E-state index in [9.17, 15) is 9.50 Å². The van der Waals surface area contributed by atoms with E-state index in [0.29, 0.717) is 16.9 Å². The van der Waals surface area contributed by atoms with Crippen molar-refractivity contribution >= 4 is 0 Å². The van der Waals surface area contributed by atoms with Crippen LogP contribution in [0.5, 0.6) is 11.5 Å². The van der Waals surface area contributed by atoms with Gasteiger partial charge >= 0.3 is 0 Å². The molecule has 3 nitrogen and oxygen atoms in total. The molecule has 1 N–H and O–H groups in total. The van der Waals surface area contributed by atoms with Gasteiger partial charge in [-0.25, -0.2) is 4.39 Å². The van der Waals surface area contributed by atoms with Gasteiger partial charge in [0.1, 0.15) is 17.3 Å². The number of halogens is 1. The van der Waals surface area contributed by atoms with Crippen LogP contribution in [0.1, 0.15) is 38.9 Å². The van der Waals surface area contributed by atoms with Crippen LogP contribution in [0, 0.1) is 11.2 Å². The second kappa shape index (κ2) is 7.22. The molecule has 0 radical (unpaired) electrons. The quantitative estimate of drug-likeness (QED) is 0.777. The van der Waals surface area contributed by atoms with Gasteiger partial charge < -0.3 is 14.6 Å². The van der Waals surface area contributed by atoms with E-state index in [1.165, 1.54) is 6.07 Å². The minimum absolute atomic E-state index is 0.131. The molecule has 4 heteroatoms. The van der Waals surface area contributed by atoms with Gasteiger partial charge in [-0.05, 0) is 53.3 Å². The zero-order valence-corrected chi connectivity index (χ0v) is 14.9. The van der Waals surface area contributed by atoms with Gasteiger partial charge in [0.2, 0.25) is 0 Å². The second-order valence-corrected chi connectivity index (χ2v) is 6.58. The molecular formula is C20H25FO3. The Bertz CT molecular complexity index is 710. The molecule has 2 aromatic carbocycles. The molecule has 2 rings (SSSR count). The summed E-state index contributed by atoms with van der Waals surface area (Å²) in [5, 5.41) is 9.96. The predicted octanol–water partition coefficient (Wildman–Crippen LogP) is 5.33. The van der Waals surface area contributed by atoms with Crippen molar-refractivity contribution in [2.24, 2.45) is 5.41 Å². The van der Waals surface area contributed by atoms with Crippen LogP contribution in [0.3, 0.4) is 0 Å². The van der Waals surface area contributed by atoms with Crippen molar-refractivity contribution in [3.63, 3.8) is 0 Å². The number of phenols is 1. The lowest BCUT2D eigenvalue weighted by Gasteiger charge is -2.34. The third-order valence-electron chi connectivity index (χ3n) is 4.64. The highest BCUT2D eigenvalue weighted by molar-refractivity contribution is 5.71. The maximum absolute atomic E-state index is 14.5. The minimum Gasteiger partial charge on any atom is -0.508 e. The Morgan fingerprint density at radius 2 is 1.79 bits per heavy atom. The molecule has 0 amide bonds. The Hall–Kier alpha value is -2.07. The fourth-order valence-corrected chi connectivity index (χ4v) is 2.90. The van der Waals surface area contributed by atoms with E-state index >= 15 is 0 Å². The number of ether oxygens (including phenoxy) is 2. The van der Waals surface area contributed by atoms with Gasteiger partial charge in [-0.15, -0.1) is 0 Å². The predicted molar refractivity (Wildman–Crippen MR) is 93.9 cm³/mol. The van der Waals surface area contributed by atoms with Gasteiger partial charge in [0.15, 0.2) is 0 Å². The van der Waals surface area contributed by atoms with Crippen LogP contribution >= 0.6 is 0 Å². The number of aromatic hydroxyl groups is 1. The summed E-state index contributed by atoms with van der Waals surface area (Å²) in [6, 6.07) is 9.57. The first-order chi connectivity index (χ1) is 11.3. The molecule has 0 heterocycles. The molecular weight excluding hydrogens is 307 g/mol. The molecule has 0 saturated heterocycles. The molecule has 0 aliphatic carbocycles. The molecule has 0 aromatic heterocycles. The molecule has 0 bridgehead atoms. The first kappa shape index (κ1) is 18.3. The lowest BCUT2D eigenvalue weighted by atomic mass is 9.78. The Labute approximate surface area is 143 Å². The SMILES string of the molecule is CCC(C)(C)C(OC)c1cc(O)ccc1-c1cc(OC)ccc1F. The standard InChI is InChI=1S/C20H25FO3/c1-6-20(2,3)19(24-5)17-11-13(22)7-9-15(17)16-12-14(23-4)8-10-18(16)21/h7-12,19,22H,6H2,1-5H3. The first-order valence-corrected chi connectivity index (χ1v) is 8.03. The lowest BCUT2D eigenvalue weighted by molar-refractivity contribution is 0.00320. The molecule has 1 unspecified atom stereocenters. The maximum atomic E-state index is 14.5. The summed E-state index contributed by atoms with van der Waals surface area (Å²) in [7, 11) is 3.19. The minimum atomic E-state index is -0.341. The Morgan fingerprint density at radius 3 is 2.38 bits per heavy atom. The number of rotatable bonds is 6. The first-order valence-electron chi connectivity index (χ1n) is 8.03. The summed E-state index contributed by atoms with van der Waals surface area (Å²) in [6.45, 7) is 6.27. The van der Waals surface area contributed by atoms with Gasteiger partial charge in [0.05, 0.1) is 13.2 Å². The number of phenolic OH excluding ortho intramolecular Hbond substituents is 1. The van der Waals surface area contributed by atoms with Gasteiger partial charge in [-0.3, -0.25) is 0 Å². The van der Waals surface area contributed by atoms with Crippen LogP contribution in [0.4, 0.5) is 4.39 Å². The summed E-state index contributed by atoms with van der Waals surface area (Å²) in [5.41, 5.74) is 1.71. The topological polar surface area (TPSA) is 38.7 Å². The van der Waals surface area contributed by atoms with Gasteiger partial charge in [0, 0.05) is 12.7 Å². The normalized spacial score (nSPS) is 12.9. The summed E-state index contributed by atoms with van der Waals surface area (Å²) in [5.74, 6) is 0.368. The van der Waals surface area contributed by atoms with Crippen molar-refractivity contribution in [1.82, 2.24) is 0 Å². The molecule has 2 aromatic rings. The van der Waals surface area contributed by atoms with E-state index in [0.717, 1.165) is 12.0 Å². The largest absolute Gasteiger partial charge is 0.508 e. The van der Waals surface area contributed by atoms with E-state index in [1.54, 1.807) is 44.6 Å². The Kier molecular flexibility index (Phi) is 5.50. The number of hydrogen-bond acceptors (Lipinski definition) is 3. The van der Waals surface area contributed by atoms with E-state index in [1.807, 2.05) is 0 Å². The lowest BCUT2D eigenvalue weighted by Crippen LogP contribution is -2.23. The number of benzene rings is 2. The average Bonchev–Trinajstić information content (AvgIpc) is 2.56. The molecule has 0 aliphatic heterocycles. The summed E-state index contributed by atoms with van der Waals surface area (Å²) >= 11 is 0. The Morgan fingerprint density at radius 1 is 1.08 bits per heavy atom. The van der Waals surface area contributed by atoms with Crippen LogP contribution in [-0.2, 0) is 4.74 Å². The zero-order chi connectivity index (χ0) is 17.9. The van der Waals surface area contributed by atoms with Crippen molar-refractivity contribution in [3.8, 4) is 22.6 Å². The summed E-state index contributed by atoms with van der Waals surface area (Å²) in [6.07, 6.45) is 0.594. The van der Waals surface area contributed by atoms with Crippen molar-refractivity contribution in [2.45, 2.75) is 33.3 Å². The fraction of sp³-hybridized carbons (Fsp3) is 0.400. The Balaban J connectivity index is 2.69. The van der Waals surface area contributed by atoms with Gasteiger partial charge in [-0.2, -0.15) is 0 Å². The average molecular weight is 332 g/mol. The van der Waals surface area contributed by atoms with Gasteiger partial charge in [0.25, 0.3) is 0 Å². The van der Waals surface area contributed by atoms with E-state index in [-0.39, 0.29) is 23.1 Å². The van der Waals surface area contributed by atoms with Crippen molar-refractivity contribution in [3.05, 3.63) is 47.8 Å². The van der Waals surface area contributed by atoms with Crippen LogP contribution < -0.4 is 4.74 Å².